The van der Waals surface area contributed by atoms with Gasteiger partial charge in [0.25, 0.3) is 5.79 Å². The van der Waals surface area contributed by atoms with Crippen LogP contribution in [0.3, 0.4) is 0 Å². The Balaban J connectivity index is 0.000000454. The topological polar surface area (TPSA) is 170 Å². The van der Waals surface area contributed by atoms with Crippen LogP contribution in [0.4, 0.5) is 0 Å². The molecule has 2 fully saturated rings. The summed E-state index contributed by atoms with van der Waals surface area (Å²) in [6.45, 7) is 21.1. The summed E-state index contributed by atoms with van der Waals surface area (Å²) in [5.41, 5.74) is 1.16. The van der Waals surface area contributed by atoms with Crippen LogP contribution >= 0.6 is 0 Å². The molecule has 2 radical (unpaired) electrons. The van der Waals surface area contributed by atoms with E-state index in [-0.39, 0.29) is 122 Å². The number of hydrogen-bond donors (Lipinski definition) is 4. The predicted molar refractivity (Wildman–Crippen MR) is 257 cm³/mol. The summed E-state index contributed by atoms with van der Waals surface area (Å²) < 4.78 is 24.6. The zero-order valence-electron chi connectivity index (χ0n) is 42.8. The number of aliphatic carboxylic acids is 2. The van der Waals surface area contributed by atoms with Gasteiger partial charge in [0, 0.05) is 147 Å². The summed E-state index contributed by atoms with van der Waals surface area (Å²) >= 11 is 0. The van der Waals surface area contributed by atoms with E-state index in [9.17, 15) is 19.8 Å². The third-order valence-electron chi connectivity index (χ3n) is 13.6. The molecule has 2 unspecified atom stereocenters. The number of carbonyl (C=O) groups is 2. The van der Waals surface area contributed by atoms with Crippen LogP contribution in [0.15, 0.2) is 54.1 Å². The maximum absolute atomic E-state index is 10.5. The largest absolute Gasteiger partial charge is 0.508 e. The molecule has 0 spiro atoms. The summed E-state index contributed by atoms with van der Waals surface area (Å²) in [5.74, 6) is -1.18. The van der Waals surface area contributed by atoms with Crippen molar-refractivity contribution in [2.45, 2.75) is 182 Å². The number of hydrogen-bond acceptors (Lipinski definition) is 10. The number of phenols is 2. The first-order valence-corrected chi connectivity index (χ1v) is 24.8. The second-order valence-corrected chi connectivity index (χ2v) is 21.4. The molecule has 2 aromatic carbocycles. The quantitative estimate of drug-likeness (QED) is 0.0432. The smallest absolute Gasteiger partial charge is 0.303 e. The molecule has 14 heteroatoms. The zero-order chi connectivity index (χ0) is 48.5. The Morgan fingerprint density at radius 1 is 0.618 bits per heavy atom. The van der Waals surface area contributed by atoms with E-state index in [4.69, 9.17) is 38.9 Å². The Hall–Kier alpha value is -0.797. The molecule has 68 heavy (non-hydrogen) atoms. The fourth-order valence-electron chi connectivity index (χ4n) is 10.5. The zero-order valence-corrected chi connectivity index (χ0v) is 52.3. The molecular formula is C54H84Ac2O12. The molecule has 2 saturated heterocycles. The normalized spacial score (nSPS) is 20.2. The van der Waals surface area contributed by atoms with Gasteiger partial charge in [0.2, 0.25) is 0 Å². The first-order valence-electron chi connectivity index (χ1n) is 24.8. The van der Waals surface area contributed by atoms with Gasteiger partial charge in [-0.3, -0.25) is 9.59 Å². The van der Waals surface area contributed by atoms with Crippen LogP contribution in [0.25, 0.3) is 5.76 Å². The van der Waals surface area contributed by atoms with Crippen LogP contribution < -0.4 is 0 Å². The van der Waals surface area contributed by atoms with Crippen molar-refractivity contribution in [3.05, 3.63) is 65.2 Å². The van der Waals surface area contributed by atoms with Crippen molar-refractivity contribution < 1.29 is 147 Å². The van der Waals surface area contributed by atoms with Crippen LogP contribution in [0.1, 0.15) is 182 Å². The van der Waals surface area contributed by atoms with Crippen molar-refractivity contribution in [1.29, 1.82) is 0 Å². The Kier molecular flexibility index (Phi) is 27.7. The monoisotopic (exact) mass is 1380 g/mol. The molecule has 0 aromatic heterocycles. The van der Waals surface area contributed by atoms with Gasteiger partial charge in [-0.25, -0.2) is 4.89 Å². The molecule has 3 aliphatic rings. The maximum atomic E-state index is 10.5. The van der Waals surface area contributed by atoms with Gasteiger partial charge < -0.3 is 39.4 Å². The number of rotatable bonds is 30. The molecule has 3 aliphatic heterocycles. The number of ether oxygens (including phenoxy) is 4. The number of benzene rings is 2. The minimum atomic E-state index is -1.08. The summed E-state index contributed by atoms with van der Waals surface area (Å²) in [4.78, 5) is 32.7. The third-order valence-corrected chi connectivity index (χ3v) is 13.6. The summed E-state index contributed by atoms with van der Waals surface area (Å²) in [7, 11) is 0. The van der Waals surface area contributed by atoms with Gasteiger partial charge in [-0.15, -0.1) is 0 Å². The van der Waals surface area contributed by atoms with Crippen LogP contribution in [0, 0.1) is 110 Å². The first-order chi connectivity index (χ1) is 31.2. The number of fused-ring (bicyclic) bond motifs is 1. The number of carboxylic acids is 2. The first kappa shape index (κ1) is 63.3. The summed E-state index contributed by atoms with van der Waals surface area (Å²) in [6, 6.07) is 14.3. The van der Waals surface area contributed by atoms with E-state index in [1.165, 1.54) is 50.5 Å². The van der Waals surface area contributed by atoms with Crippen LogP contribution in [0.2, 0.25) is 0 Å². The van der Waals surface area contributed by atoms with Crippen molar-refractivity contribution in [2.75, 3.05) is 39.6 Å². The number of aromatic hydroxyl groups is 2. The maximum Gasteiger partial charge on any atom is 0.303 e. The van der Waals surface area contributed by atoms with Crippen LogP contribution in [-0.2, 0) is 44.1 Å². The number of carboxylic acid groups (broad SMARTS) is 2. The molecule has 0 saturated carbocycles. The molecule has 12 nitrogen and oxygen atoms in total. The molecule has 5 rings (SSSR count). The van der Waals surface area contributed by atoms with E-state index in [1.54, 1.807) is 30.3 Å². The Morgan fingerprint density at radius 2 is 1.09 bits per heavy atom. The van der Waals surface area contributed by atoms with Gasteiger partial charge >= 0.3 is 11.9 Å². The average molecular weight is 1380 g/mol. The van der Waals surface area contributed by atoms with Crippen molar-refractivity contribution in [3.8, 4) is 11.5 Å². The minimum Gasteiger partial charge on any atom is -0.508 e. The molecule has 2 atom stereocenters. The van der Waals surface area contributed by atoms with Crippen molar-refractivity contribution in [1.82, 2.24) is 0 Å². The molecule has 0 aliphatic carbocycles. The fraction of sp³-hybridized carbons (Fsp3) is 0.704. The van der Waals surface area contributed by atoms with E-state index >= 15 is 0 Å². The molecule has 4 N–H and O–H groups in total. The van der Waals surface area contributed by atoms with Gasteiger partial charge in [-0.1, -0.05) is 157 Å². The standard InChI is InChI=1S/C27H42O7.C27H42O5.2Ac/c1-24(2,19-31-17-12-10-8-6-5-7-9-11-16-23(29)30)27-25(3,4)20-32-26(27,33-34-27)21-14-13-15-22(28)18-21;1-26(2,19-31-17-12-10-8-6-5-7-9-11-16-23(29)30)25-24(32-20-27(25,3)4)21-14-13-15-22(28)18-21;;/h13-15,18,28H,5-12,16-17,19-20H2,1-4H3,(H,29,30);13-15,18,28H,5-12,16-17,19-20H2,1-4H3,(H,29,30);;. The Bertz CT molecular complexity index is 1860. The molecule has 0 amide bonds. The number of phenolic OH excluding ortho intramolecular Hbond substituents is 2. The van der Waals surface area contributed by atoms with Crippen LogP contribution in [-0.4, -0.2) is 77.6 Å². The Morgan fingerprint density at radius 3 is 1.56 bits per heavy atom. The van der Waals surface area contributed by atoms with Crippen molar-refractivity contribution in [3.63, 3.8) is 0 Å². The van der Waals surface area contributed by atoms with E-state index in [0.717, 1.165) is 81.3 Å². The summed E-state index contributed by atoms with van der Waals surface area (Å²) in [5, 5.41) is 37.3. The Labute approximate surface area is 479 Å². The number of unbranched alkanes of at least 4 members (excludes halogenated alkanes) is 14. The van der Waals surface area contributed by atoms with Gasteiger partial charge in [-0.05, 0) is 55.5 Å². The van der Waals surface area contributed by atoms with Crippen molar-refractivity contribution >= 4 is 17.7 Å². The van der Waals surface area contributed by atoms with Gasteiger partial charge in [0.1, 0.15) is 17.3 Å². The van der Waals surface area contributed by atoms with E-state index < -0.39 is 28.7 Å². The molecule has 378 valence electrons. The van der Waals surface area contributed by atoms with Gasteiger partial charge in [0.05, 0.1) is 26.4 Å². The van der Waals surface area contributed by atoms with E-state index in [1.807, 2.05) is 18.2 Å². The van der Waals surface area contributed by atoms with Gasteiger partial charge in [0.15, 0.2) is 5.60 Å². The molecule has 0 bridgehead atoms. The van der Waals surface area contributed by atoms with E-state index in [0.29, 0.717) is 39.5 Å². The molecule has 2 aromatic rings. The van der Waals surface area contributed by atoms with E-state index in [2.05, 4.69) is 55.4 Å². The average Bonchev–Trinajstić information content (AvgIpc) is 3.64. The van der Waals surface area contributed by atoms with Crippen LogP contribution in [0.5, 0.6) is 11.5 Å². The summed E-state index contributed by atoms with van der Waals surface area (Å²) in [6.07, 6.45) is 17.9. The second kappa shape index (κ2) is 29.8. The molecule has 3 heterocycles. The van der Waals surface area contributed by atoms with Gasteiger partial charge in [-0.2, -0.15) is 4.89 Å². The predicted octanol–water partition coefficient (Wildman–Crippen LogP) is 12.7. The molecular weight excluding hydrogens is 1290 g/mol. The second-order valence-electron chi connectivity index (χ2n) is 21.4. The minimum absolute atomic E-state index is 0. The van der Waals surface area contributed by atoms with Crippen molar-refractivity contribution in [2.24, 2.45) is 21.7 Å². The third kappa shape index (κ3) is 17.4. The fourth-order valence-corrected chi connectivity index (χ4v) is 10.5. The SMILES string of the molecule is CC(C)(COCCCCCCCCCCC(=O)O)C12OOC1(c1cccc(O)c1)OCC2(C)C.CC(C)(COCCCCCCCCCCC(=O)O)C1=C(c2cccc(O)c2)OCC1(C)C.[Ac].[Ac].